The molecule has 2 amide bonds. The van der Waals surface area contributed by atoms with Crippen LogP contribution < -0.4 is 15.5 Å². The lowest BCUT2D eigenvalue weighted by molar-refractivity contribution is -0.134. The Morgan fingerprint density at radius 1 is 1.06 bits per heavy atom. The molecular weight excluding hydrogens is 416 g/mol. The monoisotopic (exact) mass is 450 g/mol. The molecule has 8 heteroatoms. The Labute approximate surface area is 195 Å². The van der Waals surface area contributed by atoms with Crippen LogP contribution in [-0.2, 0) is 9.59 Å². The van der Waals surface area contributed by atoms with Crippen molar-refractivity contribution in [3.8, 4) is 0 Å². The first-order chi connectivity index (χ1) is 16.1. The third kappa shape index (κ3) is 4.90. The summed E-state index contributed by atoms with van der Waals surface area (Å²) in [6.07, 6.45) is 8.56. The summed E-state index contributed by atoms with van der Waals surface area (Å²) >= 11 is 0. The molecule has 3 fully saturated rings. The van der Waals surface area contributed by atoms with Gasteiger partial charge in [-0.2, -0.15) is 5.10 Å². The molecule has 0 aliphatic carbocycles. The van der Waals surface area contributed by atoms with Crippen molar-refractivity contribution >= 4 is 23.2 Å². The summed E-state index contributed by atoms with van der Waals surface area (Å²) in [5.74, 6) is 0.151. The highest BCUT2D eigenvalue weighted by molar-refractivity contribution is 6.00. The van der Waals surface area contributed by atoms with Gasteiger partial charge in [0.1, 0.15) is 0 Å². The highest BCUT2D eigenvalue weighted by Crippen LogP contribution is 2.30. The Morgan fingerprint density at radius 3 is 2.55 bits per heavy atom. The minimum Gasteiger partial charge on any atom is -0.386 e. The van der Waals surface area contributed by atoms with E-state index in [1.165, 1.54) is 18.7 Å². The predicted octanol–water partition coefficient (Wildman–Crippen LogP) is 2.61. The van der Waals surface area contributed by atoms with Crippen molar-refractivity contribution in [2.24, 2.45) is 5.92 Å². The molecule has 2 N–H and O–H groups in total. The number of nitrogens with zero attached hydrogens (tertiary/aromatic N) is 4. The summed E-state index contributed by atoms with van der Waals surface area (Å²) in [6, 6.07) is 8.89. The predicted molar refractivity (Wildman–Crippen MR) is 128 cm³/mol. The number of aromatic nitrogens is 2. The number of imide groups is 1. The molecule has 0 radical (unpaired) electrons. The number of benzene rings is 1. The topological polar surface area (TPSA) is 82.5 Å². The van der Waals surface area contributed by atoms with E-state index in [2.05, 4.69) is 60.7 Å². The molecule has 2 atom stereocenters. The van der Waals surface area contributed by atoms with Crippen molar-refractivity contribution in [3.63, 3.8) is 0 Å². The second kappa shape index (κ2) is 9.55. The van der Waals surface area contributed by atoms with Crippen molar-refractivity contribution in [1.29, 1.82) is 0 Å². The molecule has 1 aromatic carbocycles. The minimum atomic E-state index is -0.211. The second-order valence-electron chi connectivity index (χ2n) is 9.69. The number of anilines is 2. The fourth-order valence-corrected chi connectivity index (χ4v) is 5.54. The second-order valence-corrected chi connectivity index (χ2v) is 9.69. The first-order valence-electron chi connectivity index (χ1n) is 12.2. The van der Waals surface area contributed by atoms with Crippen LogP contribution in [0.25, 0.3) is 0 Å². The molecule has 0 saturated carbocycles. The Kier molecular flexibility index (Phi) is 6.35. The third-order valence-electron chi connectivity index (χ3n) is 7.52. The number of hydrogen-bond acceptors (Lipinski definition) is 6. The summed E-state index contributed by atoms with van der Waals surface area (Å²) in [5.41, 5.74) is 3.31. The summed E-state index contributed by atoms with van der Waals surface area (Å²) in [6.45, 7) is 5.60. The van der Waals surface area contributed by atoms with Gasteiger partial charge in [-0.15, -0.1) is 0 Å². The maximum atomic E-state index is 12.1. The summed E-state index contributed by atoms with van der Waals surface area (Å²) in [4.78, 5) is 28.6. The number of likely N-dealkylation sites (tertiary alicyclic amines) is 1. The Morgan fingerprint density at radius 2 is 1.85 bits per heavy atom. The Hall–Kier alpha value is -2.87. The summed E-state index contributed by atoms with van der Waals surface area (Å²) in [7, 11) is 1.93. The smallest absolute Gasteiger partial charge is 0.234 e. The zero-order chi connectivity index (χ0) is 22.8. The van der Waals surface area contributed by atoms with Gasteiger partial charge in [-0.1, -0.05) is 12.1 Å². The molecule has 33 heavy (non-hydrogen) atoms. The zero-order valence-electron chi connectivity index (χ0n) is 19.4. The van der Waals surface area contributed by atoms with E-state index in [1.54, 1.807) is 0 Å². The van der Waals surface area contributed by atoms with Crippen LogP contribution in [0.5, 0.6) is 0 Å². The van der Waals surface area contributed by atoms with E-state index in [4.69, 9.17) is 0 Å². The molecular formula is C25H34N6O2. The number of rotatable bonds is 6. The Balaban J connectivity index is 1.10. The van der Waals surface area contributed by atoms with Gasteiger partial charge >= 0.3 is 0 Å². The first-order valence-corrected chi connectivity index (χ1v) is 12.2. The van der Waals surface area contributed by atoms with Gasteiger partial charge in [-0.05, 0) is 49.3 Å². The molecule has 2 aromatic rings. The molecule has 3 saturated heterocycles. The largest absolute Gasteiger partial charge is 0.386 e. The number of nitrogens with one attached hydrogen (secondary N) is 2. The number of carbonyl (C=O) groups excluding carboxylic acids is 2. The van der Waals surface area contributed by atoms with Gasteiger partial charge < -0.3 is 15.1 Å². The normalized spacial score (nSPS) is 24.8. The summed E-state index contributed by atoms with van der Waals surface area (Å²) < 4.78 is 2.12. The molecule has 0 spiro atoms. The molecule has 1 aromatic heterocycles. The quantitative estimate of drug-likeness (QED) is 0.659. The van der Waals surface area contributed by atoms with E-state index in [0.29, 0.717) is 24.8 Å². The van der Waals surface area contributed by atoms with E-state index in [9.17, 15) is 9.59 Å². The van der Waals surface area contributed by atoms with Crippen molar-refractivity contribution in [2.45, 2.75) is 44.1 Å². The van der Waals surface area contributed by atoms with Gasteiger partial charge in [0.15, 0.2) is 0 Å². The van der Waals surface area contributed by atoms with Crippen LogP contribution in [0.3, 0.4) is 0 Å². The fourth-order valence-electron chi connectivity index (χ4n) is 5.54. The van der Waals surface area contributed by atoms with Crippen LogP contribution in [0.1, 0.15) is 49.6 Å². The van der Waals surface area contributed by atoms with Crippen molar-refractivity contribution in [1.82, 2.24) is 20.0 Å². The van der Waals surface area contributed by atoms with Crippen molar-refractivity contribution in [2.75, 3.05) is 50.0 Å². The van der Waals surface area contributed by atoms with Crippen LogP contribution in [0.15, 0.2) is 36.7 Å². The fraction of sp³-hybridized carbons (Fsp3) is 0.560. The van der Waals surface area contributed by atoms with Crippen LogP contribution >= 0.6 is 0 Å². The molecule has 3 aliphatic heterocycles. The first kappa shape index (κ1) is 21.9. The van der Waals surface area contributed by atoms with E-state index >= 15 is 0 Å². The lowest BCUT2D eigenvalue weighted by atomic mass is 9.90. The molecule has 2 unspecified atom stereocenters. The number of amides is 2. The van der Waals surface area contributed by atoms with Gasteiger partial charge in [0.2, 0.25) is 11.8 Å². The highest BCUT2D eigenvalue weighted by atomic mass is 16.2. The van der Waals surface area contributed by atoms with E-state index in [1.807, 2.05) is 13.2 Å². The zero-order valence-corrected chi connectivity index (χ0v) is 19.4. The minimum absolute atomic E-state index is 0.162. The average Bonchev–Trinajstić information content (AvgIpc) is 3.50. The van der Waals surface area contributed by atoms with Crippen molar-refractivity contribution in [3.05, 3.63) is 42.2 Å². The van der Waals surface area contributed by atoms with Crippen LogP contribution in [0.2, 0.25) is 0 Å². The van der Waals surface area contributed by atoms with E-state index < -0.39 is 0 Å². The third-order valence-corrected chi connectivity index (χ3v) is 7.52. The van der Waals surface area contributed by atoms with Gasteiger partial charge in [-0.3, -0.25) is 19.6 Å². The average molecular weight is 451 g/mol. The van der Waals surface area contributed by atoms with Gasteiger partial charge in [0.05, 0.1) is 23.8 Å². The SMILES string of the molecule is CNc1cnn(C2CCN(CC3CCN(c4ccc(C5CCC(=O)NC5=O)cc4)C3)CC2)c1. The highest BCUT2D eigenvalue weighted by Gasteiger charge is 2.29. The molecule has 0 bridgehead atoms. The van der Waals surface area contributed by atoms with Crippen LogP contribution in [0, 0.1) is 5.92 Å². The lowest BCUT2D eigenvalue weighted by Crippen LogP contribution is -2.39. The molecule has 176 valence electrons. The summed E-state index contributed by atoms with van der Waals surface area (Å²) in [5, 5.41) is 10.1. The van der Waals surface area contributed by atoms with Gasteiger partial charge in [-0.25, -0.2) is 0 Å². The van der Waals surface area contributed by atoms with Crippen LogP contribution in [0.4, 0.5) is 11.4 Å². The number of hydrogen-bond donors (Lipinski definition) is 2. The molecule has 3 aliphatic rings. The van der Waals surface area contributed by atoms with Crippen LogP contribution in [-0.4, -0.2) is 66.3 Å². The number of piperidine rings is 2. The molecule has 5 rings (SSSR count). The van der Waals surface area contributed by atoms with E-state index in [-0.39, 0.29) is 17.7 Å². The maximum absolute atomic E-state index is 12.1. The van der Waals surface area contributed by atoms with Crippen molar-refractivity contribution < 1.29 is 9.59 Å². The molecule has 8 nitrogen and oxygen atoms in total. The van der Waals surface area contributed by atoms with E-state index in [0.717, 1.165) is 50.3 Å². The maximum Gasteiger partial charge on any atom is 0.234 e. The lowest BCUT2D eigenvalue weighted by Gasteiger charge is -2.33. The Bertz CT molecular complexity index is 979. The standard InChI is InChI=1S/C25H34N6O2/c1-26-20-14-27-31(17-20)22-9-11-29(12-10-22)15-18-8-13-30(16-18)21-4-2-19(3-5-21)23-6-7-24(32)28-25(23)33/h2-5,14,17-18,22-23,26H,6-13,15-16H2,1H3,(H,28,32,33). The number of carbonyl (C=O) groups is 2. The van der Waals surface area contributed by atoms with Gasteiger partial charge in [0, 0.05) is 58.1 Å². The van der Waals surface area contributed by atoms with Gasteiger partial charge in [0.25, 0.3) is 0 Å². The molecule has 4 heterocycles.